The van der Waals surface area contributed by atoms with E-state index in [2.05, 4.69) is 10.1 Å². The Morgan fingerprint density at radius 2 is 1.73 bits per heavy atom. The fourth-order valence-electron chi connectivity index (χ4n) is 2.36. The summed E-state index contributed by atoms with van der Waals surface area (Å²) in [6.45, 7) is 0.756. The summed E-state index contributed by atoms with van der Waals surface area (Å²) in [4.78, 5) is 25.1. The SMILES string of the molecule is O=C(Nc1ccc(OC(F)(F)F)cc1)c1ccc(N2CCOC2=O)cc1. The number of hydrogen-bond donors (Lipinski definition) is 1. The van der Waals surface area contributed by atoms with Crippen molar-refractivity contribution < 1.29 is 32.2 Å². The van der Waals surface area contributed by atoms with E-state index in [1.165, 1.54) is 29.2 Å². The lowest BCUT2D eigenvalue weighted by Crippen LogP contribution is -2.23. The van der Waals surface area contributed by atoms with E-state index in [0.29, 0.717) is 30.1 Å². The summed E-state index contributed by atoms with van der Waals surface area (Å²) in [6, 6.07) is 11.1. The number of alkyl halides is 3. The number of amides is 2. The van der Waals surface area contributed by atoms with Gasteiger partial charge in [0.2, 0.25) is 0 Å². The van der Waals surface area contributed by atoms with Crippen molar-refractivity contribution in [3.8, 4) is 5.75 Å². The number of carbonyl (C=O) groups is 2. The van der Waals surface area contributed by atoms with E-state index in [1.807, 2.05) is 0 Å². The quantitative estimate of drug-likeness (QED) is 0.894. The average Bonchev–Trinajstić information content (AvgIpc) is 3.01. The van der Waals surface area contributed by atoms with E-state index in [0.717, 1.165) is 12.1 Å². The summed E-state index contributed by atoms with van der Waals surface area (Å²) in [5, 5.41) is 2.57. The maximum absolute atomic E-state index is 12.2. The highest BCUT2D eigenvalue weighted by molar-refractivity contribution is 6.04. The van der Waals surface area contributed by atoms with E-state index in [4.69, 9.17) is 4.74 Å². The molecule has 2 aromatic carbocycles. The van der Waals surface area contributed by atoms with Gasteiger partial charge in [-0.1, -0.05) is 0 Å². The minimum absolute atomic E-state index is 0.315. The van der Waals surface area contributed by atoms with Crippen LogP contribution in [0.5, 0.6) is 5.75 Å². The highest BCUT2D eigenvalue weighted by atomic mass is 19.4. The Balaban J connectivity index is 1.63. The van der Waals surface area contributed by atoms with Crippen LogP contribution in [0.1, 0.15) is 10.4 Å². The molecule has 0 bridgehead atoms. The van der Waals surface area contributed by atoms with Crippen molar-refractivity contribution in [2.45, 2.75) is 6.36 Å². The summed E-state index contributed by atoms with van der Waals surface area (Å²) in [5.41, 5.74) is 1.26. The van der Waals surface area contributed by atoms with Gasteiger partial charge in [-0.05, 0) is 48.5 Å². The van der Waals surface area contributed by atoms with Crippen molar-refractivity contribution in [1.29, 1.82) is 0 Å². The second-order valence-corrected chi connectivity index (χ2v) is 5.34. The van der Waals surface area contributed by atoms with Crippen LogP contribution < -0.4 is 15.0 Å². The van der Waals surface area contributed by atoms with Crippen molar-refractivity contribution in [2.24, 2.45) is 0 Å². The Kier molecular flexibility index (Phi) is 4.70. The molecule has 0 spiro atoms. The van der Waals surface area contributed by atoms with Crippen LogP contribution in [0.2, 0.25) is 0 Å². The normalized spacial score (nSPS) is 14.1. The molecule has 1 aliphatic heterocycles. The van der Waals surface area contributed by atoms with E-state index >= 15 is 0 Å². The van der Waals surface area contributed by atoms with Crippen LogP contribution in [0.3, 0.4) is 0 Å². The van der Waals surface area contributed by atoms with Crippen LogP contribution in [0, 0.1) is 0 Å². The zero-order valence-corrected chi connectivity index (χ0v) is 13.2. The number of anilines is 2. The molecule has 6 nitrogen and oxygen atoms in total. The number of rotatable bonds is 4. The summed E-state index contributed by atoms with van der Waals surface area (Å²) >= 11 is 0. The van der Waals surface area contributed by atoms with E-state index in [-0.39, 0.29) is 5.75 Å². The van der Waals surface area contributed by atoms with Crippen LogP contribution in [-0.2, 0) is 4.74 Å². The van der Waals surface area contributed by atoms with Gasteiger partial charge in [0.05, 0.1) is 6.54 Å². The predicted molar refractivity (Wildman–Crippen MR) is 86.2 cm³/mol. The summed E-state index contributed by atoms with van der Waals surface area (Å²) in [6.07, 6.45) is -5.21. The number of benzene rings is 2. The molecular weight excluding hydrogens is 353 g/mol. The third-order valence-corrected chi connectivity index (χ3v) is 3.55. The largest absolute Gasteiger partial charge is 0.573 e. The van der Waals surface area contributed by atoms with Gasteiger partial charge in [-0.15, -0.1) is 13.2 Å². The van der Waals surface area contributed by atoms with Gasteiger partial charge in [0.15, 0.2) is 0 Å². The first-order chi connectivity index (χ1) is 12.3. The van der Waals surface area contributed by atoms with Crippen molar-refractivity contribution >= 4 is 23.4 Å². The number of hydrogen-bond acceptors (Lipinski definition) is 4. The molecule has 0 atom stereocenters. The van der Waals surface area contributed by atoms with Crippen LogP contribution in [0.15, 0.2) is 48.5 Å². The smallest absolute Gasteiger partial charge is 0.447 e. The predicted octanol–water partition coefficient (Wildman–Crippen LogP) is 3.79. The minimum Gasteiger partial charge on any atom is -0.447 e. The molecule has 2 amide bonds. The average molecular weight is 366 g/mol. The van der Waals surface area contributed by atoms with Gasteiger partial charge in [-0.25, -0.2) is 4.79 Å². The third-order valence-electron chi connectivity index (χ3n) is 3.55. The Morgan fingerprint density at radius 3 is 2.27 bits per heavy atom. The zero-order chi connectivity index (χ0) is 18.7. The van der Waals surface area contributed by atoms with Crippen molar-refractivity contribution in [2.75, 3.05) is 23.4 Å². The number of halogens is 3. The van der Waals surface area contributed by atoms with Crippen molar-refractivity contribution in [3.63, 3.8) is 0 Å². The molecule has 1 N–H and O–H groups in total. The second-order valence-electron chi connectivity index (χ2n) is 5.34. The van der Waals surface area contributed by atoms with Crippen molar-refractivity contribution in [3.05, 3.63) is 54.1 Å². The number of nitrogens with one attached hydrogen (secondary N) is 1. The maximum Gasteiger partial charge on any atom is 0.573 e. The summed E-state index contributed by atoms with van der Waals surface area (Å²) in [7, 11) is 0. The van der Waals surface area contributed by atoms with E-state index in [9.17, 15) is 22.8 Å². The molecule has 1 fully saturated rings. The van der Waals surface area contributed by atoms with Gasteiger partial charge in [-0.2, -0.15) is 0 Å². The molecule has 0 aliphatic carbocycles. The van der Waals surface area contributed by atoms with Crippen LogP contribution in [0.4, 0.5) is 29.3 Å². The van der Waals surface area contributed by atoms with Gasteiger partial charge < -0.3 is 14.8 Å². The lowest BCUT2D eigenvalue weighted by molar-refractivity contribution is -0.274. The van der Waals surface area contributed by atoms with Crippen LogP contribution in [-0.4, -0.2) is 31.5 Å². The first-order valence-corrected chi connectivity index (χ1v) is 7.53. The molecule has 3 rings (SSSR count). The molecule has 0 unspecified atom stereocenters. The molecule has 0 aromatic heterocycles. The highest BCUT2D eigenvalue weighted by Crippen LogP contribution is 2.24. The zero-order valence-electron chi connectivity index (χ0n) is 13.2. The van der Waals surface area contributed by atoms with Gasteiger partial charge in [0, 0.05) is 16.9 Å². The van der Waals surface area contributed by atoms with Gasteiger partial charge in [-0.3, -0.25) is 9.69 Å². The van der Waals surface area contributed by atoms with E-state index < -0.39 is 18.4 Å². The second kappa shape index (κ2) is 6.95. The van der Waals surface area contributed by atoms with Gasteiger partial charge in [0.1, 0.15) is 12.4 Å². The fraction of sp³-hybridized carbons (Fsp3) is 0.176. The Bertz CT molecular complexity index is 804. The lowest BCUT2D eigenvalue weighted by Gasteiger charge is -2.13. The molecule has 1 aliphatic rings. The highest BCUT2D eigenvalue weighted by Gasteiger charge is 2.31. The van der Waals surface area contributed by atoms with Gasteiger partial charge in [0.25, 0.3) is 5.91 Å². The monoisotopic (exact) mass is 366 g/mol. The minimum atomic E-state index is -4.77. The number of carbonyl (C=O) groups excluding carboxylic acids is 2. The van der Waals surface area contributed by atoms with Crippen molar-refractivity contribution in [1.82, 2.24) is 0 Å². The topological polar surface area (TPSA) is 67.9 Å². The van der Waals surface area contributed by atoms with Crippen LogP contribution in [0.25, 0.3) is 0 Å². The maximum atomic E-state index is 12.2. The number of ether oxygens (including phenoxy) is 2. The standard InChI is InChI=1S/C17H13F3N2O4/c18-17(19,20)26-14-7-3-12(4-8-14)21-15(23)11-1-5-13(6-2-11)22-9-10-25-16(22)24/h1-8H,9-10H2,(H,21,23). The van der Waals surface area contributed by atoms with Crippen LogP contribution >= 0.6 is 0 Å². The number of nitrogens with zero attached hydrogens (tertiary/aromatic N) is 1. The molecule has 0 radical (unpaired) electrons. The molecule has 136 valence electrons. The molecular formula is C17H13F3N2O4. The number of cyclic esters (lactones) is 1. The lowest BCUT2D eigenvalue weighted by atomic mass is 10.1. The Labute approximate surface area is 146 Å². The fourth-order valence-corrected chi connectivity index (χ4v) is 2.36. The summed E-state index contributed by atoms with van der Waals surface area (Å²) < 4.78 is 45.0. The summed E-state index contributed by atoms with van der Waals surface area (Å²) in [5.74, 6) is -0.817. The Hall–Kier alpha value is -3.23. The molecule has 26 heavy (non-hydrogen) atoms. The molecule has 9 heteroatoms. The van der Waals surface area contributed by atoms with E-state index in [1.54, 1.807) is 12.1 Å². The Morgan fingerprint density at radius 1 is 1.08 bits per heavy atom. The molecule has 1 heterocycles. The molecule has 2 aromatic rings. The first kappa shape index (κ1) is 17.6. The first-order valence-electron chi connectivity index (χ1n) is 7.53. The third kappa shape index (κ3) is 4.24. The van der Waals surface area contributed by atoms with Gasteiger partial charge >= 0.3 is 12.5 Å². The molecule has 0 saturated carbocycles. The molecule has 1 saturated heterocycles.